The summed E-state index contributed by atoms with van der Waals surface area (Å²) in [6, 6.07) is 4.53. The van der Waals surface area contributed by atoms with Crippen molar-refractivity contribution in [2.24, 2.45) is 5.18 Å². The van der Waals surface area contributed by atoms with Crippen molar-refractivity contribution in [1.29, 1.82) is 0 Å². The second-order valence-electron chi connectivity index (χ2n) is 3.99. The predicted octanol–water partition coefficient (Wildman–Crippen LogP) is 0.847. The van der Waals surface area contributed by atoms with Crippen LogP contribution in [0.4, 0.5) is 11.6 Å². The lowest BCUT2D eigenvalue weighted by atomic mass is 10.2. The Kier molecular flexibility index (Phi) is 3.02. The Morgan fingerprint density at radius 1 is 1.44 bits per heavy atom. The summed E-state index contributed by atoms with van der Waals surface area (Å²) < 4.78 is 0. The highest BCUT2D eigenvalue weighted by Gasteiger charge is 2.38. The highest BCUT2D eigenvalue weighted by molar-refractivity contribution is 5.85. The number of rotatable bonds is 2. The van der Waals surface area contributed by atoms with Crippen LogP contribution in [0, 0.1) is 4.91 Å². The van der Waals surface area contributed by atoms with Gasteiger partial charge in [-0.05, 0) is 23.7 Å². The summed E-state index contributed by atoms with van der Waals surface area (Å²) in [5.41, 5.74) is 0. The van der Waals surface area contributed by atoms with E-state index >= 15 is 0 Å². The van der Waals surface area contributed by atoms with Gasteiger partial charge >= 0.3 is 0 Å². The molecule has 1 aromatic rings. The topological polar surface area (TPSA) is 70.5 Å². The monoisotopic (exact) mass is 241 g/mol. The van der Waals surface area contributed by atoms with Crippen molar-refractivity contribution in [2.45, 2.75) is 18.5 Å². The van der Waals surface area contributed by atoms with Crippen molar-refractivity contribution in [2.75, 3.05) is 18.0 Å². The van der Waals surface area contributed by atoms with E-state index in [1.807, 2.05) is 6.07 Å². The normalized spacial score (nSPS) is 26.6. The molecule has 1 N–H and O–H groups in total. The van der Waals surface area contributed by atoms with E-state index in [0.717, 1.165) is 18.9 Å². The van der Waals surface area contributed by atoms with Gasteiger partial charge in [0.05, 0.1) is 0 Å². The van der Waals surface area contributed by atoms with Crippen molar-refractivity contribution < 1.29 is 0 Å². The van der Waals surface area contributed by atoms with Gasteiger partial charge in [0.15, 0.2) is 5.82 Å². The van der Waals surface area contributed by atoms with E-state index in [4.69, 9.17) is 0 Å². The fraction of sp³-hybridized carbons (Fsp3) is 0.556. The van der Waals surface area contributed by atoms with Crippen molar-refractivity contribution in [3.8, 4) is 0 Å². The van der Waals surface area contributed by atoms with Gasteiger partial charge in [0.2, 0.25) is 5.82 Å². The van der Waals surface area contributed by atoms with Crippen LogP contribution in [0.25, 0.3) is 0 Å². The molecule has 0 saturated carbocycles. The summed E-state index contributed by atoms with van der Waals surface area (Å²) in [6.07, 6.45) is 1.18. The largest absolute Gasteiger partial charge is 0.349 e. The van der Waals surface area contributed by atoms with Gasteiger partial charge in [-0.2, -0.15) is 0 Å². The number of hydrogen-bond acceptors (Lipinski definition) is 6. The second-order valence-corrected chi connectivity index (χ2v) is 3.99. The van der Waals surface area contributed by atoms with Crippen LogP contribution in [0.2, 0.25) is 0 Å². The quantitative estimate of drug-likeness (QED) is 0.778. The van der Waals surface area contributed by atoms with E-state index in [9.17, 15) is 4.91 Å². The SMILES string of the molecule is Cl.O=Nc1ccc(N2C[C@@H]3C[C@H]2CN3)nn1. The number of anilines is 1. The molecule has 0 radical (unpaired) electrons. The molecular weight excluding hydrogens is 230 g/mol. The summed E-state index contributed by atoms with van der Waals surface area (Å²) in [5, 5.41) is 13.9. The summed E-state index contributed by atoms with van der Waals surface area (Å²) >= 11 is 0. The predicted molar refractivity (Wildman–Crippen MR) is 62.3 cm³/mol. The zero-order chi connectivity index (χ0) is 10.3. The number of nitrogens with one attached hydrogen (secondary N) is 1. The van der Waals surface area contributed by atoms with Crippen molar-refractivity contribution in [1.82, 2.24) is 15.5 Å². The molecule has 6 nitrogen and oxygen atoms in total. The lowest BCUT2D eigenvalue weighted by Gasteiger charge is -2.27. The van der Waals surface area contributed by atoms with Crippen LogP contribution in [0.1, 0.15) is 6.42 Å². The van der Waals surface area contributed by atoms with Gasteiger partial charge in [-0.25, -0.2) is 0 Å². The maximum Gasteiger partial charge on any atom is 0.218 e. The zero-order valence-electron chi connectivity index (χ0n) is 8.54. The van der Waals surface area contributed by atoms with Crippen LogP contribution in [-0.2, 0) is 0 Å². The van der Waals surface area contributed by atoms with Gasteiger partial charge in [-0.3, -0.25) is 0 Å². The van der Waals surface area contributed by atoms with Crippen molar-refractivity contribution in [3.05, 3.63) is 17.0 Å². The summed E-state index contributed by atoms with van der Waals surface area (Å²) in [7, 11) is 0. The number of halogens is 1. The van der Waals surface area contributed by atoms with E-state index in [0.29, 0.717) is 12.1 Å². The number of fused-ring (bicyclic) bond motifs is 2. The lowest BCUT2D eigenvalue weighted by Crippen LogP contribution is -2.44. The first kappa shape index (κ1) is 11.2. The van der Waals surface area contributed by atoms with E-state index in [2.05, 4.69) is 25.6 Å². The highest BCUT2D eigenvalue weighted by atomic mass is 35.5. The summed E-state index contributed by atoms with van der Waals surface area (Å²) in [4.78, 5) is 12.4. The molecule has 0 aliphatic carbocycles. The fourth-order valence-corrected chi connectivity index (χ4v) is 2.36. The molecule has 2 fully saturated rings. The van der Waals surface area contributed by atoms with Gasteiger partial charge in [-0.1, -0.05) is 0 Å². The molecule has 0 aromatic carbocycles. The van der Waals surface area contributed by atoms with Crippen LogP contribution in [0.5, 0.6) is 0 Å². The third kappa shape index (κ3) is 1.74. The average Bonchev–Trinajstić information content (AvgIpc) is 2.91. The molecular formula is C9H12ClN5O. The van der Waals surface area contributed by atoms with Crippen molar-refractivity contribution >= 4 is 24.0 Å². The summed E-state index contributed by atoms with van der Waals surface area (Å²) in [5.74, 6) is 0.984. The van der Waals surface area contributed by atoms with E-state index in [1.54, 1.807) is 6.07 Å². The number of piperazine rings is 1. The second kappa shape index (κ2) is 4.31. The third-order valence-electron chi connectivity index (χ3n) is 3.08. The van der Waals surface area contributed by atoms with Crippen LogP contribution in [0.15, 0.2) is 17.3 Å². The standard InChI is InChI=1S/C9H11N5O.ClH/c15-13-8-1-2-9(12-11-8)14-5-6-3-7(14)4-10-6;/h1-2,6-7,10H,3-5H2;1H/t6-,7-;/m0./s1. The Morgan fingerprint density at radius 3 is 2.81 bits per heavy atom. The Morgan fingerprint density at radius 2 is 2.31 bits per heavy atom. The van der Waals surface area contributed by atoms with E-state index in [1.165, 1.54) is 6.42 Å². The van der Waals surface area contributed by atoms with Crippen LogP contribution < -0.4 is 10.2 Å². The first-order chi connectivity index (χ1) is 7.36. The van der Waals surface area contributed by atoms with Crippen molar-refractivity contribution in [3.63, 3.8) is 0 Å². The highest BCUT2D eigenvalue weighted by Crippen LogP contribution is 2.27. The minimum absolute atomic E-state index is 0. The Labute approximate surface area is 98.8 Å². The molecule has 7 heteroatoms. The molecule has 2 aliphatic heterocycles. The molecule has 3 rings (SSSR count). The number of aromatic nitrogens is 2. The van der Waals surface area contributed by atoms with Crippen LogP contribution >= 0.6 is 12.4 Å². The van der Waals surface area contributed by atoms with Gasteiger partial charge in [-0.15, -0.1) is 27.5 Å². The van der Waals surface area contributed by atoms with Gasteiger partial charge < -0.3 is 10.2 Å². The number of nitrogens with zero attached hydrogens (tertiary/aromatic N) is 4. The van der Waals surface area contributed by atoms with Crippen LogP contribution in [-0.4, -0.2) is 35.4 Å². The molecule has 2 atom stereocenters. The molecule has 2 aliphatic rings. The van der Waals surface area contributed by atoms with E-state index < -0.39 is 0 Å². The molecule has 2 saturated heterocycles. The maximum atomic E-state index is 10.2. The minimum Gasteiger partial charge on any atom is -0.349 e. The minimum atomic E-state index is 0. The Bertz CT molecular complexity index is 384. The number of hydrogen-bond donors (Lipinski definition) is 1. The molecule has 16 heavy (non-hydrogen) atoms. The molecule has 86 valence electrons. The molecule has 2 bridgehead atoms. The van der Waals surface area contributed by atoms with Crippen LogP contribution in [0.3, 0.4) is 0 Å². The molecule has 0 amide bonds. The van der Waals surface area contributed by atoms with Gasteiger partial charge in [0.25, 0.3) is 0 Å². The zero-order valence-corrected chi connectivity index (χ0v) is 9.35. The summed E-state index contributed by atoms with van der Waals surface area (Å²) in [6.45, 7) is 1.99. The smallest absolute Gasteiger partial charge is 0.218 e. The molecule has 3 heterocycles. The molecule has 0 unspecified atom stereocenters. The first-order valence-corrected chi connectivity index (χ1v) is 5.04. The Hall–Kier alpha value is -1.27. The van der Waals surface area contributed by atoms with Gasteiger partial charge in [0.1, 0.15) is 0 Å². The number of nitroso groups, excluding NO2 is 1. The third-order valence-corrected chi connectivity index (χ3v) is 3.08. The molecule has 0 spiro atoms. The van der Waals surface area contributed by atoms with E-state index in [-0.39, 0.29) is 18.2 Å². The fourth-order valence-electron chi connectivity index (χ4n) is 2.36. The first-order valence-electron chi connectivity index (χ1n) is 5.04. The van der Waals surface area contributed by atoms with Gasteiger partial charge in [0, 0.05) is 25.2 Å². The average molecular weight is 242 g/mol. The molecule has 1 aromatic heterocycles. The maximum absolute atomic E-state index is 10.2. The lowest BCUT2D eigenvalue weighted by molar-refractivity contribution is 0.574. The Balaban J connectivity index is 0.000000963.